The quantitative estimate of drug-likeness (QED) is 0.146. The molecule has 3 aromatic carbocycles. The summed E-state index contributed by atoms with van der Waals surface area (Å²) in [5.74, 6) is 0.393. The lowest BCUT2D eigenvalue weighted by atomic mass is 10.1. The Morgan fingerprint density at radius 3 is 2.46 bits per heavy atom. The molecule has 3 aromatic rings. The average Bonchev–Trinajstić information content (AvgIpc) is 3.13. The first-order valence-electron chi connectivity index (χ1n) is 10.6. The summed E-state index contributed by atoms with van der Waals surface area (Å²) in [7, 11) is 1.48. The number of carbonyl (C=O) groups is 2. The summed E-state index contributed by atoms with van der Waals surface area (Å²) in [6.07, 6.45) is 1.60. The fraction of sp³-hybridized carbons (Fsp3) is 0.120. The molecule has 0 radical (unpaired) electrons. The molecule has 0 saturated carbocycles. The van der Waals surface area contributed by atoms with Gasteiger partial charge >= 0.3 is 0 Å². The zero-order valence-corrected chi connectivity index (χ0v) is 23.0. The Labute approximate surface area is 234 Å². The van der Waals surface area contributed by atoms with Crippen LogP contribution in [0.25, 0.3) is 6.08 Å². The zero-order chi connectivity index (χ0) is 26.7. The van der Waals surface area contributed by atoms with Crippen molar-refractivity contribution in [3.63, 3.8) is 0 Å². The molecule has 1 fully saturated rings. The minimum atomic E-state index is -0.467. The van der Waals surface area contributed by atoms with E-state index in [1.807, 2.05) is 0 Å². The molecule has 1 aliphatic heterocycles. The number of ether oxygens (including phenoxy) is 2. The van der Waals surface area contributed by atoms with Crippen molar-refractivity contribution in [3.8, 4) is 11.5 Å². The molecule has 0 bridgehead atoms. The van der Waals surface area contributed by atoms with Gasteiger partial charge in [0.2, 0.25) is 0 Å². The second kappa shape index (κ2) is 11.6. The van der Waals surface area contributed by atoms with Gasteiger partial charge in [-0.3, -0.25) is 24.6 Å². The number of halogens is 3. The van der Waals surface area contributed by atoms with Crippen molar-refractivity contribution < 1.29 is 24.0 Å². The summed E-state index contributed by atoms with van der Waals surface area (Å²) < 4.78 is 11.9. The molecule has 1 saturated heterocycles. The van der Waals surface area contributed by atoms with E-state index in [0.29, 0.717) is 37.1 Å². The lowest BCUT2D eigenvalue weighted by Gasteiger charge is -2.14. The summed E-state index contributed by atoms with van der Waals surface area (Å²) in [6, 6.07) is 14.3. The van der Waals surface area contributed by atoms with Crippen molar-refractivity contribution in [1.29, 1.82) is 0 Å². The Kier molecular flexibility index (Phi) is 8.43. The SMILES string of the molecule is COc1cc(/C=C2/SC(=O)N(Cc3ccc(Cl)cc3Cl)C2=O)c(Br)cc1OCc1ccc([N+](=O)[O-])cc1. The molecule has 0 unspecified atom stereocenters. The van der Waals surface area contributed by atoms with E-state index in [-0.39, 0.29) is 23.7 Å². The number of benzene rings is 3. The van der Waals surface area contributed by atoms with Gasteiger partial charge in [0.25, 0.3) is 16.8 Å². The van der Waals surface area contributed by atoms with Gasteiger partial charge in [0.15, 0.2) is 11.5 Å². The van der Waals surface area contributed by atoms with Crippen LogP contribution >= 0.6 is 50.9 Å². The number of hydrogen-bond donors (Lipinski definition) is 0. The number of hydrogen-bond acceptors (Lipinski definition) is 7. The predicted molar refractivity (Wildman–Crippen MR) is 146 cm³/mol. The van der Waals surface area contributed by atoms with Crippen LogP contribution in [0.3, 0.4) is 0 Å². The van der Waals surface area contributed by atoms with Gasteiger partial charge < -0.3 is 9.47 Å². The highest BCUT2D eigenvalue weighted by molar-refractivity contribution is 9.10. The maximum atomic E-state index is 13.0. The van der Waals surface area contributed by atoms with Crippen molar-refractivity contribution in [2.75, 3.05) is 7.11 Å². The number of amides is 2. The van der Waals surface area contributed by atoms with Crippen LogP contribution in [0.4, 0.5) is 10.5 Å². The minimum Gasteiger partial charge on any atom is -0.493 e. The molecule has 1 heterocycles. The Morgan fingerprint density at radius 2 is 1.81 bits per heavy atom. The molecule has 37 heavy (non-hydrogen) atoms. The largest absolute Gasteiger partial charge is 0.493 e. The van der Waals surface area contributed by atoms with Crippen LogP contribution in [0.5, 0.6) is 11.5 Å². The maximum Gasteiger partial charge on any atom is 0.293 e. The summed E-state index contributed by atoms with van der Waals surface area (Å²) in [6.45, 7) is 0.185. The average molecular weight is 624 g/mol. The third-order valence-electron chi connectivity index (χ3n) is 5.33. The lowest BCUT2D eigenvalue weighted by Crippen LogP contribution is -2.27. The summed E-state index contributed by atoms with van der Waals surface area (Å²) in [4.78, 5) is 37.3. The van der Waals surface area contributed by atoms with E-state index < -0.39 is 16.1 Å². The van der Waals surface area contributed by atoms with Crippen LogP contribution in [0.2, 0.25) is 10.0 Å². The van der Waals surface area contributed by atoms with Crippen molar-refractivity contribution >= 4 is 73.8 Å². The Bertz CT molecular complexity index is 1430. The van der Waals surface area contributed by atoms with Gasteiger partial charge in [0, 0.05) is 26.7 Å². The van der Waals surface area contributed by atoms with E-state index in [0.717, 1.165) is 22.2 Å². The van der Waals surface area contributed by atoms with Crippen LogP contribution < -0.4 is 9.47 Å². The van der Waals surface area contributed by atoms with Crippen LogP contribution in [0, 0.1) is 10.1 Å². The third kappa shape index (κ3) is 6.27. The molecule has 0 aliphatic carbocycles. The van der Waals surface area contributed by atoms with Crippen LogP contribution in [0.1, 0.15) is 16.7 Å². The van der Waals surface area contributed by atoms with Gasteiger partial charge in [-0.15, -0.1) is 0 Å². The molecular formula is C25H17BrCl2N2O6S. The van der Waals surface area contributed by atoms with Crippen molar-refractivity contribution in [2.24, 2.45) is 0 Å². The highest BCUT2D eigenvalue weighted by atomic mass is 79.9. The standard InChI is InChI=1S/C25H17BrCl2N2O6S/c1-35-21-8-16(19(26)11-22(21)36-13-14-2-6-18(7-3-14)30(33)34)9-23-24(31)29(25(32)37-23)12-15-4-5-17(27)10-20(15)28/h2-11H,12-13H2,1H3/b23-9+. The highest BCUT2D eigenvalue weighted by Crippen LogP contribution is 2.39. The monoisotopic (exact) mass is 622 g/mol. The van der Waals surface area contributed by atoms with Crippen LogP contribution in [0.15, 0.2) is 64.0 Å². The number of rotatable bonds is 8. The fourth-order valence-corrected chi connectivity index (χ4v) is 5.14. The number of non-ortho nitro benzene ring substituents is 1. The molecule has 4 rings (SSSR count). The topological polar surface area (TPSA) is 99.0 Å². The van der Waals surface area contributed by atoms with E-state index in [1.165, 1.54) is 19.2 Å². The first-order chi connectivity index (χ1) is 17.7. The Morgan fingerprint density at radius 1 is 1.08 bits per heavy atom. The van der Waals surface area contributed by atoms with Gasteiger partial charge in [-0.1, -0.05) is 45.2 Å². The molecule has 8 nitrogen and oxygen atoms in total. The number of nitro benzene ring substituents is 1. The van der Waals surface area contributed by atoms with Gasteiger partial charge in [-0.2, -0.15) is 0 Å². The molecule has 0 atom stereocenters. The summed E-state index contributed by atoms with van der Waals surface area (Å²) in [5.41, 5.74) is 1.94. The molecule has 0 aromatic heterocycles. The maximum absolute atomic E-state index is 13.0. The normalized spacial score (nSPS) is 14.4. The molecule has 1 aliphatic rings. The van der Waals surface area contributed by atoms with Crippen LogP contribution in [-0.2, 0) is 17.9 Å². The van der Waals surface area contributed by atoms with Crippen molar-refractivity contribution in [2.45, 2.75) is 13.2 Å². The highest BCUT2D eigenvalue weighted by Gasteiger charge is 2.35. The van der Waals surface area contributed by atoms with E-state index in [1.54, 1.807) is 48.5 Å². The number of imide groups is 1. The molecule has 12 heteroatoms. The van der Waals surface area contributed by atoms with E-state index >= 15 is 0 Å². The van der Waals surface area contributed by atoms with Gasteiger partial charge in [0.1, 0.15) is 6.61 Å². The van der Waals surface area contributed by atoms with E-state index in [2.05, 4.69) is 15.9 Å². The second-order valence-electron chi connectivity index (χ2n) is 7.74. The number of nitrogens with zero attached hydrogens (tertiary/aromatic N) is 2. The second-order valence-corrected chi connectivity index (χ2v) is 10.4. The Hall–Kier alpha value is -3.05. The predicted octanol–water partition coefficient (Wildman–Crippen LogP) is 7.49. The van der Waals surface area contributed by atoms with Crippen LogP contribution in [-0.4, -0.2) is 28.1 Å². The molecule has 190 valence electrons. The smallest absolute Gasteiger partial charge is 0.293 e. The molecular weight excluding hydrogens is 607 g/mol. The summed E-state index contributed by atoms with van der Waals surface area (Å²) in [5, 5.41) is 11.2. The molecule has 2 amide bonds. The molecule has 0 spiro atoms. The third-order valence-corrected chi connectivity index (χ3v) is 7.51. The summed E-state index contributed by atoms with van der Waals surface area (Å²) >= 11 is 16.5. The zero-order valence-electron chi connectivity index (χ0n) is 19.1. The first-order valence-corrected chi connectivity index (χ1v) is 13.0. The number of thioether (sulfide) groups is 1. The van der Waals surface area contributed by atoms with Gasteiger partial charge in [0.05, 0.1) is 23.5 Å². The number of carbonyl (C=O) groups excluding carboxylic acids is 2. The van der Waals surface area contributed by atoms with E-state index in [4.69, 9.17) is 32.7 Å². The first kappa shape index (κ1) is 27.0. The number of nitro groups is 1. The fourth-order valence-electron chi connectivity index (χ4n) is 3.41. The van der Waals surface area contributed by atoms with Crippen molar-refractivity contribution in [1.82, 2.24) is 4.90 Å². The van der Waals surface area contributed by atoms with Gasteiger partial charge in [-0.25, -0.2) is 0 Å². The van der Waals surface area contributed by atoms with E-state index in [9.17, 15) is 19.7 Å². The Balaban J connectivity index is 1.51. The van der Waals surface area contributed by atoms with Gasteiger partial charge in [-0.05, 0) is 70.9 Å². The lowest BCUT2D eigenvalue weighted by molar-refractivity contribution is -0.384. The molecule has 0 N–H and O–H groups in total. The van der Waals surface area contributed by atoms with Crippen molar-refractivity contribution in [3.05, 3.63) is 101 Å². The minimum absolute atomic E-state index is 0.00546. The number of methoxy groups -OCH3 is 1.